The average molecular weight is 354 g/mol. The molecule has 2 heterocycles. The van der Waals surface area contributed by atoms with Crippen molar-refractivity contribution in [2.45, 2.75) is 44.9 Å². The Kier molecular flexibility index (Phi) is 4.73. The molecule has 0 unspecified atom stereocenters. The van der Waals surface area contributed by atoms with Crippen LogP contribution >= 0.6 is 0 Å². The number of aromatic nitrogens is 2. The van der Waals surface area contributed by atoms with Crippen LogP contribution in [0.5, 0.6) is 0 Å². The van der Waals surface area contributed by atoms with E-state index < -0.39 is 18.0 Å². The van der Waals surface area contributed by atoms with Crippen molar-refractivity contribution in [3.63, 3.8) is 0 Å². The lowest BCUT2D eigenvalue weighted by Crippen LogP contribution is -2.42. The maximum absolute atomic E-state index is 13.2. The summed E-state index contributed by atoms with van der Waals surface area (Å²) in [5, 5.41) is 6.15. The van der Waals surface area contributed by atoms with Gasteiger partial charge in [0.05, 0.1) is 11.0 Å². The molecule has 0 radical (unpaired) electrons. The summed E-state index contributed by atoms with van der Waals surface area (Å²) in [6, 6.07) is 4.22. The lowest BCUT2D eigenvalue weighted by molar-refractivity contribution is -0.147. The number of benzene rings is 1. The van der Waals surface area contributed by atoms with E-state index in [-0.39, 0.29) is 17.5 Å². The number of piperidine rings is 1. The third kappa shape index (κ3) is 3.63. The second-order valence-corrected chi connectivity index (χ2v) is 6.60. The van der Waals surface area contributed by atoms with Gasteiger partial charge in [-0.25, -0.2) is 4.98 Å². The van der Waals surface area contributed by atoms with Gasteiger partial charge in [-0.05, 0) is 58.0 Å². The molecule has 2 N–H and O–H groups in total. The third-order valence-corrected chi connectivity index (χ3v) is 4.40. The molecule has 136 valence electrons. The smallest absolute Gasteiger partial charge is 0.349 e. The minimum Gasteiger partial charge on any atom is -0.349 e. The summed E-state index contributed by atoms with van der Waals surface area (Å²) in [5.74, 6) is -1.21. The quantitative estimate of drug-likeness (QED) is 0.890. The van der Waals surface area contributed by atoms with E-state index >= 15 is 0 Å². The van der Waals surface area contributed by atoms with Gasteiger partial charge in [0.2, 0.25) is 5.82 Å². The molecule has 1 aliphatic heterocycles. The first-order chi connectivity index (χ1) is 11.8. The van der Waals surface area contributed by atoms with Gasteiger partial charge in [0, 0.05) is 17.6 Å². The van der Waals surface area contributed by atoms with Crippen LogP contribution < -0.4 is 10.6 Å². The molecule has 2 aromatic rings. The minimum atomic E-state index is -4.54. The van der Waals surface area contributed by atoms with Crippen molar-refractivity contribution in [1.82, 2.24) is 20.2 Å². The fourth-order valence-corrected chi connectivity index (χ4v) is 3.20. The summed E-state index contributed by atoms with van der Waals surface area (Å²) in [7, 11) is 0. The standard InChI is InChI=1S/C17H21F3N4O/c1-10(2)24-14-4-3-11(9-13(14)23-16(24)17(18,19)20)15(25)22-12-5-7-21-8-6-12/h3-4,9-10,12,21H,5-8H2,1-2H3,(H,22,25). The van der Waals surface area contributed by atoms with Crippen LogP contribution in [0.25, 0.3) is 11.0 Å². The van der Waals surface area contributed by atoms with Gasteiger partial charge in [0.15, 0.2) is 0 Å². The zero-order chi connectivity index (χ0) is 18.2. The number of nitrogens with one attached hydrogen (secondary N) is 2. The number of hydrogen-bond donors (Lipinski definition) is 2. The van der Waals surface area contributed by atoms with Crippen molar-refractivity contribution in [3.8, 4) is 0 Å². The third-order valence-electron chi connectivity index (χ3n) is 4.40. The molecule has 0 spiro atoms. The number of hydrogen-bond acceptors (Lipinski definition) is 3. The number of amides is 1. The van der Waals surface area contributed by atoms with Gasteiger partial charge in [0.1, 0.15) is 0 Å². The van der Waals surface area contributed by atoms with Crippen LogP contribution in [0.1, 0.15) is 48.9 Å². The molecule has 0 bridgehead atoms. The average Bonchev–Trinajstić information content (AvgIpc) is 2.94. The Balaban J connectivity index is 1.93. The van der Waals surface area contributed by atoms with Crippen LogP contribution in [0.3, 0.4) is 0 Å². The van der Waals surface area contributed by atoms with Crippen LogP contribution in [0.2, 0.25) is 0 Å². The summed E-state index contributed by atoms with van der Waals surface area (Å²) in [4.78, 5) is 16.1. The van der Waals surface area contributed by atoms with E-state index in [1.807, 2.05) is 0 Å². The summed E-state index contributed by atoms with van der Waals surface area (Å²) < 4.78 is 40.9. The molecular formula is C17H21F3N4O. The molecule has 1 aromatic heterocycles. The zero-order valence-electron chi connectivity index (χ0n) is 14.2. The van der Waals surface area contributed by atoms with Gasteiger partial charge in [-0.15, -0.1) is 0 Å². The summed E-state index contributed by atoms with van der Waals surface area (Å²) in [5.41, 5.74) is 0.882. The van der Waals surface area contributed by atoms with Crippen LogP contribution in [0, 0.1) is 0 Å². The first kappa shape index (κ1) is 17.7. The highest BCUT2D eigenvalue weighted by atomic mass is 19.4. The molecule has 1 aromatic carbocycles. The Hall–Kier alpha value is -2.09. The van der Waals surface area contributed by atoms with Crippen LogP contribution in [-0.4, -0.2) is 34.6 Å². The van der Waals surface area contributed by atoms with Crippen LogP contribution in [-0.2, 0) is 6.18 Å². The number of carbonyl (C=O) groups excluding carboxylic acids is 1. The van der Waals surface area contributed by atoms with Crippen molar-refractivity contribution in [2.75, 3.05) is 13.1 Å². The van der Waals surface area contributed by atoms with E-state index in [0.29, 0.717) is 11.1 Å². The summed E-state index contributed by atoms with van der Waals surface area (Å²) >= 11 is 0. The second-order valence-electron chi connectivity index (χ2n) is 6.60. The number of nitrogens with zero attached hydrogens (tertiary/aromatic N) is 2. The predicted octanol–water partition coefficient (Wildman–Crippen LogP) is 3.12. The molecule has 0 aliphatic carbocycles. The van der Waals surface area contributed by atoms with Gasteiger partial charge < -0.3 is 15.2 Å². The van der Waals surface area contributed by atoms with Crippen LogP contribution in [0.15, 0.2) is 18.2 Å². The number of rotatable bonds is 3. The van der Waals surface area contributed by atoms with E-state index in [9.17, 15) is 18.0 Å². The highest BCUT2D eigenvalue weighted by molar-refractivity contribution is 5.97. The van der Waals surface area contributed by atoms with Gasteiger partial charge in [-0.3, -0.25) is 4.79 Å². The van der Waals surface area contributed by atoms with Gasteiger partial charge in [-0.1, -0.05) is 0 Å². The van der Waals surface area contributed by atoms with Gasteiger partial charge in [0.25, 0.3) is 5.91 Å². The van der Waals surface area contributed by atoms with Crippen molar-refractivity contribution < 1.29 is 18.0 Å². The Bertz CT molecular complexity index is 776. The number of alkyl halides is 3. The normalized spacial score (nSPS) is 16.6. The molecule has 1 amide bonds. The number of fused-ring (bicyclic) bond motifs is 1. The van der Waals surface area contributed by atoms with Gasteiger partial charge in [-0.2, -0.15) is 13.2 Å². The molecule has 1 aliphatic rings. The topological polar surface area (TPSA) is 59.0 Å². The zero-order valence-corrected chi connectivity index (χ0v) is 14.2. The number of imidazole rings is 1. The van der Waals surface area contributed by atoms with E-state index in [2.05, 4.69) is 15.6 Å². The molecule has 8 heteroatoms. The first-order valence-electron chi connectivity index (χ1n) is 8.38. The highest BCUT2D eigenvalue weighted by Gasteiger charge is 2.38. The molecule has 0 saturated carbocycles. The molecule has 25 heavy (non-hydrogen) atoms. The molecule has 0 atom stereocenters. The molecule has 3 rings (SSSR count). The number of halogens is 3. The lowest BCUT2D eigenvalue weighted by Gasteiger charge is -2.23. The van der Waals surface area contributed by atoms with Gasteiger partial charge >= 0.3 is 6.18 Å². The molecule has 1 fully saturated rings. The van der Waals surface area contributed by atoms with E-state index in [1.165, 1.54) is 12.1 Å². The summed E-state index contributed by atoms with van der Waals surface area (Å²) in [6.45, 7) is 5.04. The maximum atomic E-state index is 13.2. The Morgan fingerprint density at radius 1 is 1.32 bits per heavy atom. The minimum absolute atomic E-state index is 0.0865. The first-order valence-corrected chi connectivity index (χ1v) is 8.38. The second kappa shape index (κ2) is 6.67. The van der Waals surface area contributed by atoms with Crippen molar-refractivity contribution >= 4 is 16.9 Å². The maximum Gasteiger partial charge on any atom is 0.449 e. The summed E-state index contributed by atoms with van der Waals surface area (Å²) in [6.07, 6.45) is -2.86. The Morgan fingerprint density at radius 2 is 2.00 bits per heavy atom. The van der Waals surface area contributed by atoms with Crippen LogP contribution in [0.4, 0.5) is 13.2 Å². The lowest BCUT2D eigenvalue weighted by atomic mass is 10.1. The van der Waals surface area contributed by atoms with E-state index in [0.717, 1.165) is 30.5 Å². The number of carbonyl (C=O) groups is 1. The fourth-order valence-electron chi connectivity index (χ4n) is 3.20. The van der Waals surface area contributed by atoms with Crippen molar-refractivity contribution in [2.24, 2.45) is 0 Å². The molecular weight excluding hydrogens is 333 g/mol. The van der Waals surface area contributed by atoms with E-state index in [1.54, 1.807) is 19.9 Å². The largest absolute Gasteiger partial charge is 0.449 e. The monoisotopic (exact) mass is 354 g/mol. The highest BCUT2D eigenvalue weighted by Crippen LogP contribution is 2.33. The SMILES string of the molecule is CC(C)n1c(C(F)(F)F)nc2cc(C(=O)NC3CCNCC3)ccc21. The predicted molar refractivity (Wildman–Crippen MR) is 88.5 cm³/mol. The van der Waals surface area contributed by atoms with Crippen molar-refractivity contribution in [1.29, 1.82) is 0 Å². The molecule has 5 nitrogen and oxygen atoms in total. The molecule has 1 saturated heterocycles. The Morgan fingerprint density at radius 3 is 2.60 bits per heavy atom. The Labute approximate surface area is 143 Å². The fraction of sp³-hybridized carbons (Fsp3) is 0.529. The van der Waals surface area contributed by atoms with Crippen molar-refractivity contribution in [3.05, 3.63) is 29.6 Å². The van der Waals surface area contributed by atoms with E-state index in [4.69, 9.17) is 0 Å².